The third kappa shape index (κ3) is 1.63. The summed E-state index contributed by atoms with van der Waals surface area (Å²) in [6.45, 7) is 3.34. The number of aromatic amines is 1. The van der Waals surface area contributed by atoms with Crippen LogP contribution in [-0.2, 0) is 9.53 Å². The first kappa shape index (κ1) is 11.5. The molecule has 0 saturated carbocycles. The minimum atomic E-state index is -0.975. The van der Waals surface area contributed by atoms with E-state index in [-0.39, 0.29) is 11.4 Å². The summed E-state index contributed by atoms with van der Waals surface area (Å²) in [7, 11) is 0. The van der Waals surface area contributed by atoms with Crippen LogP contribution < -0.4 is 0 Å². The molecule has 4 nitrogen and oxygen atoms in total. The normalized spacial score (nSPS) is 17.6. The van der Waals surface area contributed by atoms with Crippen molar-refractivity contribution >= 4 is 22.4 Å². The summed E-state index contributed by atoms with van der Waals surface area (Å²) < 4.78 is 5.66. The number of nitrogens with one attached hydrogen (secondary N) is 1. The lowest BCUT2D eigenvalue weighted by atomic mass is 10.00. The summed E-state index contributed by atoms with van der Waals surface area (Å²) in [5, 5.41) is 10.2. The third-order valence-electron chi connectivity index (χ3n) is 3.24. The Hall–Kier alpha value is -2.54. The lowest BCUT2D eigenvalue weighted by molar-refractivity contribution is -0.126. The average molecular weight is 252 g/mol. The quantitative estimate of drug-likeness (QED) is 0.848. The molecule has 2 aromatic rings. The Morgan fingerprint density at radius 3 is 2.74 bits per heavy atom. The van der Waals surface area contributed by atoms with Gasteiger partial charge in [-0.25, -0.2) is 0 Å². The Bertz CT molecular complexity index is 727. The molecule has 0 radical (unpaired) electrons. The maximum absolute atomic E-state index is 12.0. The molecule has 3 rings (SSSR count). The highest BCUT2D eigenvalue weighted by Crippen LogP contribution is 2.36. The lowest BCUT2D eigenvalue weighted by Crippen LogP contribution is -2.29. The van der Waals surface area contributed by atoms with Crippen molar-refractivity contribution in [2.45, 2.75) is 19.4 Å². The monoisotopic (exact) mass is 252 g/mol. The summed E-state index contributed by atoms with van der Waals surface area (Å²) in [5.41, 5.74) is 0.716. The van der Waals surface area contributed by atoms with Gasteiger partial charge in [-0.2, -0.15) is 5.26 Å². The van der Waals surface area contributed by atoms with Gasteiger partial charge >= 0.3 is 0 Å². The SMILES string of the molecule is CC1(C)OC(c2cc3ccccc3[nH]2)=C(C#N)C1=O. The van der Waals surface area contributed by atoms with Crippen LogP contribution in [0.1, 0.15) is 19.5 Å². The Morgan fingerprint density at radius 1 is 1.32 bits per heavy atom. The number of aromatic nitrogens is 1. The van der Waals surface area contributed by atoms with Crippen LogP contribution in [-0.4, -0.2) is 16.4 Å². The van der Waals surface area contributed by atoms with E-state index in [1.54, 1.807) is 13.8 Å². The van der Waals surface area contributed by atoms with Crippen LogP contribution in [0.5, 0.6) is 0 Å². The zero-order valence-corrected chi connectivity index (χ0v) is 10.7. The van der Waals surface area contributed by atoms with E-state index in [0.717, 1.165) is 10.9 Å². The van der Waals surface area contributed by atoms with Gasteiger partial charge in [0.05, 0.1) is 5.69 Å². The first-order valence-corrected chi connectivity index (χ1v) is 5.99. The Labute approximate surface area is 110 Å². The molecule has 0 spiro atoms. The second-order valence-electron chi connectivity index (χ2n) is 5.03. The number of nitrogens with zero attached hydrogens (tertiary/aromatic N) is 1. The number of carbonyl (C=O) groups excluding carboxylic acids is 1. The van der Waals surface area contributed by atoms with Crippen molar-refractivity contribution in [2.24, 2.45) is 0 Å². The topological polar surface area (TPSA) is 65.9 Å². The molecule has 0 saturated heterocycles. The second kappa shape index (κ2) is 3.72. The molecule has 0 bridgehead atoms. The molecule has 0 atom stereocenters. The van der Waals surface area contributed by atoms with Gasteiger partial charge in [0.1, 0.15) is 11.6 Å². The van der Waals surface area contributed by atoms with Crippen LogP contribution in [0.25, 0.3) is 16.7 Å². The summed E-state index contributed by atoms with van der Waals surface area (Å²) >= 11 is 0. The van der Waals surface area contributed by atoms with Crippen molar-refractivity contribution in [1.29, 1.82) is 5.26 Å². The fourth-order valence-corrected chi connectivity index (χ4v) is 2.24. The fourth-order valence-electron chi connectivity index (χ4n) is 2.24. The number of fused-ring (bicyclic) bond motifs is 1. The number of hydrogen-bond acceptors (Lipinski definition) is 3. The number of H-pyrrole nitrogens is 1. The second-order valence-corrected chi connectivity index (χ2v) is 5.03. The molecule has 0 aliphatic carbocycles. The molecule has 1 aromatic carbocycles. The van der Waals surface area contributed by atoms with Gasteiger partial charge in [0, 0.05) is 10.9 Å². The van der Waals surface area contributed by atoms with Crippen LogP contribution >= 0.6 is 0 Å². The van der Waals surface area contributed by atoms with Crippen molar-refractivity contribution < 1.29 is 9.53 Å². The minimum absolute atomic E-state index is 0.0801. The van der Waals surface area contributed by atoms with Crippen LogP contribution in [0.3, 0.4) is 0 Å². The number of benzene rings is 1. The van der Waals surface area contributed by atoms with E-state index < -0.39 is 5.60 Å². The fraction of sp³-hybridized carbons (Fsp3) is 0.200. The number of nitriles is 1. The molecule has 0 amide bonds. The first-order chi connectivity index (χ1) is 9.03. The number of para-hydroxylation sites is 1. The molecule has 1 aliphatic heterocycles. The number of rotatable bonds is 1. The zero-order chi connectivity index (χ0) is 13.6. The van der Waals surface area contributed by atoms with E-state index in [1.807, 2.05) is 36.4 Å². The molecule has 0 fully saturated rings. The van der Waals surface area contributed by atoms with E-state index in [2.05, 4.69) is 4.98 Å². The van der Waals surface area contributed by atoms with E-state index in [0.29, 0.717) is 11.5 Å². The first-order valence-electron chi connectivity index (χ1n) is 5.99. The largest absolute Gasteiger partial charge is 0.476 e. The Kier molecular flexibility index (Phi) is 2.26. The van der Waals surface area contributed by atoms with Crippen molar-refractivity contribution in [3.05, 3.63) is 41.6 Å². The van der Waals surface area contributed by atoms with Gasteiger partial charge in [0.25, 0.3) is 0 Å². The van der Waals surface area contributed by atoms with Gasteiger partial charge in [-0.05, 0) is 26.0 Å². The number of ketones is 1. The molecule has 0 unspecified atom stereocenters. The molecule has 1 N–H and O–H groups in total. The summed E-state index contributed by atoms with van der Waals surface area (Å²) in [5.74, 6) is 0.0670. The number of Topliss-reactive ketones (excluding diaryl/α,β-unsaturated/α-hetero) is 1. The van der Waals surface area contributed by atoms with Crippen LogP contribution in [0, 0.1) is 11.3 Å². The predicted octanol–water partition coefficient (Wildman–Crippen LogP) is 2.78. The average Bonchev–Trinajstić information content (AvgIpc) is 2.90. The third-order valence-corrected chi connectivity index (χ3v) is 3.24. The number of ether oxygens (including phenoxy) is 1. The van der Waals surface area contributed by atoms with Gasteiger partial charge in [-0.15, -0.1) is 0 Å². The summed E-state index contributed by atoms with van der Waals surface area (Å²) in [4.78, 5) is 15.2. The van der Waals surface area contributed by atoms with Crippen LogP contribution in [0.15, 0.2) is 35.9 Å². The summed E-state index contributed by atoms with van der Waals surface area (Å²) in [6.07, 6.45) is 0. The molecule has 19 heavy (non-hydrogen) atoms. The number of carbonyl (C=O) groups is 1. The molecular weight excluding hydrogens is 240 g/mol. The van der Waals surface area contributed by atoms with Crippen LogP contribution in [0.4, 0.5) is 0 Å². The maximum Gasteiger partial charge on any atom is 0.220 e. The van der Waals surface area contributed by atoms with Crippen molar-refractivity contribution in [2.75, 3.05) is 0 Å². The van der Waals surface area contributed by atoms with Crippen molar-refractivity contribution in [3.63, 3.8) is 0 Å². The highest BCUT2D eigenvalue weighted by Gasteiger charge is 2.42. The van der Waals surface area contributed by atoms with Gasteiger partial charge in [-0.1, -0.05) is 18.2 Å². The van der Waals surface area contributed by atoms with E-state index in [9.17, 15) is 4.79 Å². The van der Waals surface area contributed by atoms with Gasteiger partial charge < -0.3 is 9.72 Å². The predicted molar refractivity (Wildman–Crippen MR) is 71.0 cm³/mol. The lowest BCUT2D eigenvalue weighted by Gasteiger charge is -2.16. The van der Waals surface area contributed by atoms with E-state index in [1.165, 1.54) is 0 Å². The maximum atomic E-state index is 12.0. The van der Waals surface area contributed by atoms with E-state index in [4.69, 9.17) is 10.00 Å². The Morgan fingerprint density at radius 2 is 2.05 bits per heavy atom. The molecule has 94 valence electrons. The molecule has 1 aliphatic rings. The molecule has 4 heteroatoms. The molecule has 2 heterocycles. The van der Waals surface area contributed by atoms with Gasteiger partial charge in [-0.3, -0.25) is 4.79 Å². The molecule has 1 aromatic heterocycles. The Balaban J connectivity index is 2.18. The van der Waals surface area contributed by atoms with Gasteiger partial charge in [0.15, 0.2) is 11.4 Å². The van der Waals surface area contributed by atoms with E-state index >= 15 is 0 Å². The summed E-state index contributed by atoms with van der Waals surface area (Å²) in [6, 6.07) is 11.6. The van der Waals surface area contributed by atoms with Crippen molar-refractivity contribution in [3.8, 4) is 6.07 Å². The zero-order valence-electron chi connectivity index (χ0n) is 10.7. The minimum Gasteiger partial charge on any atom is -0.476 e. The molecular formula is C15H12N2O2. The van der Waals surface area contributed by atoms with Crippen LogP contribution in [0.2, 0.25) is 0 Å². The number of hydrogen-bond donors (Lipinski definition) is 1. The van der Waals surface area contributed by atoms with Gasteiger partial charge in [0.2, 0.25) is 5.78 Å². The van der Waals surface area contributed by atoms with Crippen molar-refractivity contribution in [1.82, 2.24) is 4.98 Å². The highest BCUT2D eigenvalue weighted by molar-refractivity contribution is 6.13. The highest BCUT2D eigenvalue weighted by atomic mass is 16.5. The smallest absolute Gasteiger partial charge is 0.220 e. The standard InChI is InChI=1S/C15H12N2O2/c1-15(2)14(18)10(8-16)13(19-15)12-7-9-5-3-4-6-11(9)17-12/h3-7,17H,1-2H3.